The Bertz CT molecular complexity index is 970. The number of anilines is 1. The van der Waals surface area contributed by atoms with Gasteiger partial charge < -0.3 is 9.64 Å². The number of aryl methyl sites for hydroxylation is 1. The summed E-state index contributed by atoms with van der Waals surface area (Å²) in [4.78, 5) is 34.5. The molecule has 8 heteroatoms. The first-order valence-corrected chi connectivity index (χ1v) is 13.2. The van der Waals surface area contributed by atoms with Crippen LogP contribution in [0.2, 0.25) is 0 Å². The molecule has 0 radical (unpaired) electrons. The zero-order valence-electron chi connectivity index (χ0n) is 19.8. The van der Waals surface area contributed by atoms with Crippen molar-refractivity contribution in [3.8, 4) is 5.75 Å². The molecule has 2 fully saturated rings. The summed E-state index contributed by atoms with van der Waals surface area (Å²) in [6.07, 6.45) is 9.23. The van der Waals surface area contributed by atoms with Crippen molar-refractivity contribution in [3.63, 3.8) is 0 Å². The number of carbonyl (C=O) groups is 2. The minimum atomic E-state index is -0.603. The predicted octanol–water partition coefficient (Wildman–Crippen LogP) is 4.12. The number of ether oxygens (including phenoxy) is 1. The Morgan fingerprint density at radius 1 is 1.12 bits per heavy atom. The molecule has 1 aromatic heterocycles. The van der Waals surface area contributed by atoms with Gasteiger partial charge >= 0.3 is 0 Å². The van der Waals surface area contributed by atoms with Crippen LogP contribution in [0.25, 0.3) is 0 Å². The molecule has 0 bridgehead atoms. The van der Waals surface area contributed by atoms with Crippen molar-refractivity contribution in [2.24, 2.45) is 5.92 Å². The van der Waals surface area contributed by atoms with Gasteiger partial charge in [-0.1, -0.05) is 13.8 Å². The van der Waals surface area contributed by atoms with E-state index in [0.717, 1.165) is 25.7 Å². The highest BCUT2D eigenvalue weighted by Gasteiger charge is 2.35. The Morgan fingerprint density at radius 2 is 1.73 bits per heavy atom. The summed E-state index contributed by atoms with van der Waals surface area (Å²) in [5, 5.41) is 0.426. The molecule has 2 aromatic rings. The predicted molar refractivity (Wildman–Crippen MR) is 130 cm³/mol. The highest BCUT2D eigenvalue weighted by molar-refractivity contribution is 7.84. The lowest BCUT2D eigenvalue weighted by molar-refractivity contribution is -0.122. The maximum absolute atomic E-state index is 12.6. The molecule has 1 aromatic carbocycles. The normalized spacial score (nSPS) is 18.6. The Kier molecular flexibility index (Phi) is 8.72. The number of amides is 1. The molecule has 33 heavy (non-hydrogen) atoms. The van der Waals surface area contributed by atoms with Crippen LogP contribution < -0.4 is 9.64 Å². The van der Waals surface area contributed by atoms with E-state index in [1.54, 1.807) is 54.7 Å². The van der Waals surface area contributed by atoms with Gasteiger partial charge in [0.2, 0.25) is 0 Å². The molecule has 1 amide bonds. The Morgan fingerprint density at radius 3 is 2.21 bits per heavy atom. The van der Waals surface area contributed by atoms with Crippen LogP contribution in [-0.2, 0) is 15.6 Å². The van der Waals surface area contributed by atoms with Gasteiger partial charge in [-0.05, 0) is 56.9 Å². The number of rotatable bonds is 8. The summed E-state index contributed by atoms with van der Waals surface area (Å²) < 4.78 is 16.5. The fraction of sp³-hybridized carbons (Fsp3) is 0.520. The average molecular weight is 472 g/mol. The second-order valence-corrected chi connectivity index (χ2v) is 10.1. The topological polar surface area (TPSA) is 89.5 Å². The minimum absolute atomic E-state index is 0.0920. The van der Waals surface area contributed by atoms with Gasteiger partial charge in [-0.3, -0.25) is 13.8 Å². The monoisotopic (exact) mass is 471 g/mol. The van der Waals surface area contributed by atoms with E-state index in [4.69, 9.17) is 4.74 Å². The summed E-state index contributed by atoms with van der Waals surface area (Å²) in [5.41, 5.74) is 1.40. The van der Waals surface area contributed by atoms with E-state index in [0.29, 0.717) is 41.0 Å². The quantitative estimate of drug-likeness (QED) is 0.538. The molecule has 2 aliphatic rings. The van der Waals surface area contributed by atoms with Crippen molar-refractivity contribution in [2.45, 2.75) is 64.2 Å². The third kappa shape index (κ3) is 6.69. The fourth-order valence-electron chi connectivity index (χ4n) is 3.75. The van der Waals surface area contributed by atoms with E-state index in [1.807, 2.05) is 0 Å². The molecule has 1 aliphatic heterocycles. The van der Waals surface area contributed by atoms with Gasteiger partial charge in [0.15, 0.2) is 11.9 Å². The molecule has 1 unspecified atom stereocenters. The molecule has 2 atom stereocenters. The minimum Gasteiger partial charge on any atom is -0.481 e. The van der Waals surface area contributed by atoms with Crippen molar-refractivity contribution < 1.29 is 18.5 Å². The van der Waals surface area contributed by atoms with Crippen molar-refractivity contribution >= 4 is 28.2 Å². The highest BCUT2D eigenvalue weighted by atomic mass is 32.2. The number of hydrogen-bond acceptors (Lipinski definition) is 6. The maximum atomic E-state index is 12.6. The standard InChI is InChI=1S/C19H19N3O3.C6H14OS/c1-12-20-10-15(11-21-12)22-9-8-17(19(22)24)25-16-6-4-14(5-7-16)18(23)13-2-3-13;1-4-6(5-2)8(3)7/h4-7,10-11,13,17H,2-3,8-9H2,1H3;6H,4-5H2,1-3H3/t17-;/m1./s1. The van der Waals surface area contributed by atoms with Crippen molar-refractivity contribution in [3.05, 3.63) is 48.0 Å². The Labute approximate surface area is 198 Å². The second-order valence-electron chi connectivity index (χ2n) is 8.47. The summed E-state index contributed by atoms with van der Waals surface area (Å²) in [5.74, 6) is 1.59. The molecule has 1 aliphatic carbocycles. The molecular weight excluding hydrogens is 438 g/mol. The lowest BCUT2D eigenvalue weighted by Crippen LogP contribution is -2.32. The lowest BCUT2D eigenvalue weighted by Gasteiger charge is -2.16. The number of aromatic nitrogens is 2. The van der Waals surface area contributed by atoms with Crippen molar-refractivity contribution in [1.82, 2.24) is 9.97 Å². The first kappa shape index (κ1) is 25.0. The molecular formula is C25H33N3O4S. The van der Waals surface area contributed by atoms with Crippen LogP contribution in [0.4, 0.5) is 5.69 Å². The van der Waals surface area contributed by atoms with Crippen LogP contribution in [0, 0.1) is 12.8 Å². The molecule has 0 N–H and O–H groups in total. The SMILES string of the molecule is CCC(CC)S(C)=O.Cc1ncc(N2CC[C@@H](Oc3ccc(C(=O)C4CC4)cc3)C2=O)cn1. The van der Waals surface area contributed by atoms with E-state index in [1.165, 1.54) is 0 Å². The van der Waals surface area contributed by atoms with Gasteiger partial charge in [-0.2, -0.15) is 0 Å². The molecule has 0 spiro atoms. The zero-order chi connectivity index (χ0) is 24.0. The number of Topliss-reactive ketones (excluding diaryl/α,β-unsaturated/α-hetero) is 1. The van der Waals surface area contributed by atoms with Gasteiger partial charge in [-0.25, -0.2) is 9.97 Å². The number of carbonyl (C=O) groups excluding carboxylic acids is 2. The van der Waals surface area contributed by atoms with Gasteiger partial charge in [0.25, 0.3) is 5.91 Å². The molecule has 178 valence electrons. The van der Waals surface area contributed by atoms with Gasteiger partial charge in [0.1, 0.15) is 11.6 Å². The number of hydrogen-bond donors (Lipinski definition) is 0. The zero-order valence-corrected chi connectivity index (χ0v) is 20.6. The summed E-state index contributed by atoms with van der Waals surface area (Å²) >= 11 is 0. The van der Waals surface area contributed by atoms with Crippen LogP contribution in [0.1, 0.15) is 62.1 Å². The first-order valence-electron chi connectivity index (χ1n) is 11.6. The fourth-order valence-corrected chi connectivity index (χ4v) is 4.68. The Hall–Kier alpha value is -2.61. The number of nitrogens with zero attached hydrogens (tertiary/aromatic N) is 3. The highest BCUT2D eigenvalue weighted by Crippen LogP contribution is 2.33. The number of ketones is 1. The molecule has 7 nitrogen and oxygen atoms in total. The van der Waals surface area contributed by atoms with E-state index in [2.05, 4.69) is 23.8 Å². The number of benzene rings is 1. The van der Waals surface area contributed by atoms with E-state index in [9.17, 15) is 13.8 Å². The Balaban J connectivity index is 0.000000331. The third-order valence-electron chi connectivity index (χ3n) is 5.98. The average Bonchev–Trinajstić information content (AvgIpc) is 3.60. The lowest BCUT2D eigenvalue weighted by atomic mass is 10.1. The first-order chi connectivity index (χ1) is 15.8. The maximum Gasteiger partial charge on any atom is 0.268 e. The second kappa shape index (κ2) is 11.5. The van der Waals surface area contributed by atoms with Crippen LogP contribution in [-0.4, -0.2) is 50.0 Å². The van der Waals surface area contributed by atoms with Crippen LogP contribution in [0.15, 0.2) is 36.7 Å². The largest absolute Gasteiger partial charge is 0.481 e. The molecule has 2 heterocycles. The smallest absolute Gasteiger partial charge is 0.268 e. The van der Waals surface area contributed by atoms with Crippen molar-refractivity contribution in [2.75, 3.05) is 17.7 Å². The molecule has 1 saturated heterocycles. The third-order valence-corrected chi connectivity index (χ3v) is 7.59. The van der Waals surface area contributed by atoms with Crippen LogP contribution in [0.5, 0.6) is 5.75 Å². The summed E-state index contributed by atoms with van der Waals surface area (Å²) in [6, 6.07) is 7.09. The van der Waals surface area contributed by atoms with E-state index in [-0.39, 0.29) is 17.6 Å². The van der Waals surface area contributed by atoms with E-state index < -0.39 is 16.9 Å². The summed E-state index contributed by atoms with van der Waals surface area (Å²) in [7, 11) is -0.603. The molecule has 1 saturated carbocycles. The summed E-state index contributed by atoms with van der Waals surface area (Å²) in [6.45, 7) is 6.54. The van der Waals surface area contributed by atoms with Crippen LogP contribution >= 0.6 is 0 Å². The molecule has 4 rings (SSSR count). The van der Waals surface area contributed by atoms with Gasteiger partial charge in [-0.15, -0.1) is 0 Å². The van der Waals surface area contributed by atoms with E-state index >= 15 is 0 Å². The van der Waals surface area contributed by atoms with Gasteiger partial charge in [0.05, 0.1) is 18.1 Å². The van der Waals surface area contributed by atoms with Crippen LogP contribution in [0.3, 0.4) is 0 Å². The van der Waals surface area contributed by atoms with Crippen molar-refractivity contribution in [1.29, 1.82) is 0 Å². The van der Waals surface area contributed by atoms with Gasteiger partial charge in [0, 0.05) is 46.8 Å².